The van der Waals surface area contributed by atoms with Crippen LogP contribution in [0.4, 0.5) is 0 Å². The van der Waals surface area contributed by atoms with E-state index in [1.165, 1.54) is 0 Å². The van der Waals surface area contributed by atoms with Gasteiger partial charge in [0.15, 0.2) is 11.5 Å². The summed E-state index contributed by atoms with van der Waals surface area (Å²) < 4.78 is 11.0. The lowest BCUT2D eigenvalue weighted by molar-refractivity contribution is -0.135. The normalized spacial score (nSPS) is 11.3. The highest BCUT2D eigenvalue weighted by molar-refractivity contribution is 5.75. The fourth-order valence-corrected chi connectivity index (χ4v) is 2.04. The number of ether oxygens (including phenoxy) is 2. The molecule has 0 radical (unpaired) electrons. The maximum atomic E-state index is 10.7. The highest BCUT2D eigenvalue weighted by Gasteiger charge is 2.09. The lowest BCUT2D eigenvalue weighted by atomic mass is 9.99. The fraction of sp³-hybridized carbons (Fsp3) is 0.471. The average molecular weight is 292 g/mol. The monoisotopic (exact) mass is 292 g/mol. The minimum absolute atomic E-state index is 0.0335. The van der Waals surface area contributed by atoms with Crippen molar-refractivity contribution in [3.63, 3.8) is 0 Å². The van der Waals surface area contributed by atoms with E-state index in [1.54, 1.807) is 13.2 Å². The second kappa shape index (κ2) is 9.06. The number of hydrogen-bond donors (Lipinski definition) is 1. The molecule has 0 bridgehead atoms. The molecule has 0 aliphatic rings. The van der Waals surface area contributed by atoms with Gasteiger partial charge < -0.3 is 14.6 Å². The van der Waals surface area contributed by atoms with Crippen LogP contribution in [0.15, 0.2) is 24.3 Å². The molecule has 0 atom stereocenters. The van der Waals surface area contributed by atoms with E-state index < -0.39 is 5.97 Å². The van der Waals surface area contributed by atoms with E-state index in [2.05, 4.69) is 13.8 Å². The fourth-order valence-electron chi connectivity index (χ4n) is 2.04. The second-order valence-electron chi connectivity index (χ2n) is 4.79. The second-order valence-corrected chi connectivity index (χ2v) is 4.79. The highest BCUT2D eigenvalue weighted by Crippen LogP contribution is 2.32. The third-order valence-corrected chi connectivity index (χ3v) is 3.04. The van der Waals surface area contributed by atoms with E-state index in [-0.39, 0.29) is 6.42 Å². The molecule has 0 aliphatic carbocycles. The molecule has 0 heterocycles. The van der Waals surface area contributed by atoms with E-state index in [9.17, 15) is 4.79 Å². The van der Waals surface area contributed by atoms with Crippen LogP contribution < -0.4 is 9.47 Å². The van der Waals surface area contributed by atoms with Gasteiger partial charge in [-0.3, -0.25) is 4.79 Å². The van der Waals surface area contributed by atoms with Crippen molar-refractivity contribution in [2.45, 2.75) is 39.5 Å². The quantitative estimate of drug-likeness (QED) is 0.743. The van der Waals surface area contributed by atoms with Crippen LogP contribution in [0.5, 0.6) is 11.5 Å². The van der Waals surface area contributed by atoms with Gasteiger partial charge in [0.25, 0.3) is 0 Å². The van der Waals surface area contributed by atoms with Gasteiger partial charge in [0.05, 0.1) is 20.1 Å². The van der Waals surface area contributed by atoms with Gasteiger partial charge >= 0.3 is 5.97 Å². The summed E-state index contributed by atoms with van der Waals surface area (Å²) in [6.07, 6.45) is 4.54. The Kier molecular flexibility index (Phi) is 7.37. The van der Waals surface area contributed by atoms with Crippen molar-refractivity contribution in [3.8, 4) is 11.5 Å². The van der Waals surface area contributed by atoms with Crippen LogP contribution in [-0.4, -0.2) is 24.8 Å². The minimum Gasteiger partial charge on any atom is -0.493 e. The van der Waals surface area contributed by atoms with Gasteiger partial charge in [0, 0.05) is 0 Å². The molecule has 0 fully saturated rings. The number of rotatable bonds is 9. The molecule has 1 aromatic rings. The van der Waals surface area contributed by atoms with Gasteiger partial charge in [-0.25, -0.2) is 0 Å². The first kappa shape index (κ1) is 17.1. The topological polar surface area (TPSA) is 55.8 Å². The van der Waals surface area contributed by atoms with E-state index >= 15 is 0 Å². The van der Waals surface area contributed by atoms with Crippen molar-refractivity contribution in [2.24, 2.45) is 0 Å². The Morgan fingerprint density at radius 1 is 1.24 bits per heavy atom. The molecule has 1 N–H and O–H groups in total. The van der Waals surface area contributed by atoms with Crippen LogP contribution in [0.2, 0.25) is 0 Å². The molecule has 4 heteroatoms. The summed E-state index contributed by atoms with van der Waals surface area (Å²) in [4.78, 5) is 10.7. The summed E-state index contributed by atoms with van der Waals surface area (Å²) in [7, 11) is 1.61. The van der Waals surface area contributed by atoms with Crippen molar-refractivity contribution >= 4 is 11.5 Å². The molecule has 0 saturated heterocycles. The van der Waals surface area contributed by atoms with Gasteiger partial charge in [-0.15, -0.1) is 0 Å². The Hall–Kier alpha value is -1.97. The van der Waals surface area contributed by atoms with Crippen LogP contribution in [0.3, 0.4) is 0 Å². The number of carbonyl (C=O) groups is 1. The summed E-state index contributed by atoms with van der Waals surface area (Å²) in [5.41, 5.74) is 2.01. The Labute approximate surface area is 126 Å². The van der Waals surface area contributed by atoms with Crippen LogP contribution in [0.25, 0.3) is 5.57 Å². The zero-order valence-corrected chi connectivity index (χ0v) is 13.0. The molecule has 1 aromatic carbocycles. The van der Waals surface area contributed by atoms with Crippen molar-refractivity contribution in [3.05, 3.63) is 29.8 Å². The molecule has 0 aromatic heterocycles. The first-order valence-corrected chi connectivity index (χ1v) is 7.34. The zero-order valence-electron chi connectivity index (χ0n) is 13.0. The maximum Gasteiger partial charge on any atom is 0.307 e. The number of carboxylic acids is 1. The maximum absolute atomic E-state index is 10.7. The van der Waals surface area contributed by atoms with Crippen LogP contribution >= 0.6 is 0 Å². The van der Waals surface area contributed by atoms with Crippen molar-refractivity contribution in [1.29, 1.82) is 0 Å². The number of allylic oxidation sites excluding steroid dienone is 1. The number of carboxylic acid groups (broad SMARTS) is 1. The largest absolute Gasteiger partial charge is 0.493 e. The van der Waals surface area contributed by atoms with E-state index in [0.29, 0.717) is 12.4 Å². The van der Waals surface area contributed by atoms with Gasteiger partial charge in [-0.2, -0.15) is 0 Å². The number of methoxy groups -OCH3 is 1. The summed E-state index contributed by atoms with van der Waals surface area (Å²) in [6, 6.07) is 5.75. The molecule has 0 aliphatic heterocycles. The Morgan fingerprint density at radius 2 is 2.00 bits per heavy atom. The summed E-state index contributed by atoms with van der Waals surface area (Å²) in [6.45, 7) is 4.77. The van der Waals surface area contributed by atoms with Gasteiger partial charge in [-0.1, -0.05) is 32.4 Å². The highest BCUT2D eigenvalue weighted by atomic mass is 16.5. The molecule has 0 spiro atoms. The molecule has 21 heavy (non-hydrogen) atoms. The standard InChI is InChI=1S/C17H24O4/c1-4-6-13(8-10-17(18)19)14-7-9-15(21-11-5-2)16(12-14)20-3/h7-9,12H,4-6,10-11H2,1-3H3,(H,18,19)/b13-8+. The number of benzene rings is 1. The predicted octanol–water partition coefficient (Wildman–Crippen LogP) is 4.14. The predicted molar refractivity (Wildman–Crippen MR) is 83.9 cm³/mol. The van der Waals surface area contributed by atoms with Crippen LogP contribution in [-0.2, 0) is 4.79 Å². The third-order valence-electron chi connectivity index (χ3n) is 3.04. The summed E-state index contributed by atoms with van der Waals surface area (Å²) in [5, 5.41) is 8.83. The van der Waals surface area contributed by atoms with Crippen molar-refractivity contribution in [2.75, 3.05) is 13.7 Å². The molecular weight excluding hydrogens is 268 g/mol. The molecule has 0 saturated carbocycles. The van der Waals surface area contributed by atoms with E-state index in [4.69, 9.17) is 14.6 Å². The molecule has 1 rings (SSSR count). The first-order chi connectivity index (χ1) is 10.1. The van der Waals surface area contributed by atoms with Crippen molar-refractivity contribution < 1.29 is 19.4 Å². The van der Waals surface area contributed by atoms with Gasteiger partial charge in [-0.05, 0) is 36.1 Å². The number of aliphatic carboxylic acids is 1. The Morgan fingerprint density at radius 3 is 2.57 bits per heavy atom. The minimum atomic E-state index is -0.821. The average Bonchev–Trinajstić information content (AvgIpc) is 2.49. The summed E-state index contributed by atoms with van der Waals surface area (Å²) >= 11 is 0. The molecule has 0 unspecified atom stereocenters. The Balaban J connectivity index is 3.03. The lowest BCUT2D eigenvalue weighted by Gasteiger charge is -2.13. The SMILES string of the molecule is CCCOc1ccc(/C(=C/CC(=O)O)CCC)cc1OC. The van der Waals surface area contributed by atoms with Gasteiger partial charge in [0.1, 0.15) is 0 Å². The molecule has 0 amide bonds. The van der Waals surface area contributed by atoms with E-state index in [0.717, 1.165) is 36.1 Å². The van der Waals surface area contributed by atoms with Crippen LogP contribution in [0.1, 0.15) is 45.1 Å². The smallest absolute Gasteiger partial charge is 0.307 e. The third kappa shape index (κ3) is 5.50. The lowest BCUT2D eigenvalue weighted by Crippen LogP contribution is -1.99. The molecule has 4 nitrogen and oxygen atoms in total. The Bertz CT molecular complexity index is 492. The van der Waals surface area contributed by atoms with Crippen LogP contribution in [0, 0.1) is 0 Å². The van der Waals surface area contributed by atoms with Crippen molar-refractivity contribution in [1.82, 2.24) is 0 Å². The summed E-state index contributed by atoms with van der Waals surface area (Å²) in [5.74, 6) is 0.578. The molecule has 116 valence electrons. The van der Waals surface area contributed by atoms with Gasteiger partial charge in [0.2, 0.25) is 0 Å². The van der Waals surface area contributed by atoms with E-state index in [1.807, 2.05) is 18.2 Å². The number of hydrogen-bond acceptors (Lipinski definition) is 3. The molecular formula is C17H24O4. The first-order valence-electron chi connectivity index (χ1n) is 7.34. The zero-order chi connectivity index (χ0) is 15.7.